The van der Waals surface area contributed by atoms with Gasteiger partial charge in [0, 0.05) is 47.1 Å². The van der Waals surface area contributed by atoms with Crippen LogP contribution in [0.2, 0.25) is 0 Å². The van der Waals surface area contributed by atoms with Gasteiger partial charge >= 0.3 is 0 Å². The van der Waals surface area contributed by atoms with Gasteiger partial charge < -0.3 is 14.7 Å². The van der Waals surface area contributed by atoms with Crippen LogP contribution in [-0.2, 0) is 5.60 Å². The number of rotatable bonds is 8. The van der Waals surface area contributed by atoms with Crippen molar-refractivity contribution in [2.45, 2.75) is 12.0 Å². The average Bonchev–Trinajstić information content (AvgIpc) is 2.95. The van der Waals surface area contributed by atoms with Crippen molar-refractivity contribution in [3.8, 4) is 28.1 Å². The van der Waals surface area contributed by atoms with Gasteiger partial charge in [-0.25, -0.2) is 13.8 Å². The van der Waals surface area contributed by atoms with Crippen LogP contribution in [0.5, 0.6) is 5.88 Å². The molecule has 39 heavy (non-hydrogen) atoms. The number of hydrogen-bond donors (Lipinski definition) is 1. The molecular formula is C32H29F2N3O2. The minimum atomic E-state index is -1.77. The third kappa shape index (κ3) is 5.37. The lowest BCUT2D eigenvalue weighted by molar-refractivity contribution is 0.0635. The van der Waals surface area contributed by atoms with Gasteiger partial charge in [-0.05, 0) is 73.6 Å². The van der Waals surface area contributed by atoms with Crippen LogP contribution in [0.15, 0.2) is 91.3 Å². The highest BCUT2D eigenvalue weighted by molar-refractivity contribution is 5.93. The second-order valence-corrected chi connectivity index (χ2v) is 9.82. The number of fused-ring (bicyclic) bond motifs is 1. The molecule has 0 fully saturated rings. The zero-order valence-corrected chi connectivity index (χ0v) is 22.0. The lowest BCUT2D eigenvalue weighted by atomic mass is 9.80. The number of nitrogens with zero attached hydrogens (tertiary/aromatic N) is 3. The van der Waals surface area contributed by atoms with Crippen LogP contribution >= 0.6 is 0 Å². The summed E-state index contributed by atoms with van der Waals surface area (Å²) < 4.78 is 34.7. The first-order valence-corrected chi connectivity index (χ1v) is 12.6. The first-order valence-electron chi connectivity index (χ1n) is 12.6. The number of methoxy groups -OCH3 is 1. The Morgan fingerprint density at radius 2 is 1.59 bits per heavy atom. The van der Waals surface area contributed by atoms with Crippen molar-refractivity contribution in [2.75, 3.05) is 27.7 Å². The van der Waals surface area contributed by atoms with Gasteiger partial charge in [0.25, 0.3) is 0 Å². The lowest BCUT2D eigenvalue weighted by Gasteiger charge is -2.32. The number of pyridine rings is 2. The minimum Gasteiger partial charge on any atom is -0.481 e. The van der Waals surface area contributed by atoms with E-state index in [0.717, 1.165) is 33.7 Å². The largest absolute Gasteiger partial charge is 0.481 e. The lowest BCUT2D eigenvalue weighted by Crippen LogP contribution is -2.32. The third-order valence-electron chi connectivity index (χ3n) is 6.86. The maximum absolute atomic E-state index is 14.5. The molecule has 1 unspecified atom stereocenters. The molecule has 5 aromatic rings. The summed E-state index contributed by atoms with van der Waals surface area (Å²) in [6, 6.07) is 22.4. The Labute approximate surface area is 226 Å². The van der Waals surface area contributed by atoms with Crippen LogP contribution in [0.3, 0.4) is 0 Å². The van der Waals surface area contributed by atoms with E-state index in [1.54, 1.807) is 19.5 Å². The maximum atomic E-state index is 14.5. The molecule has 1 N–H and O–H groups in total. The van der Waals surface area contributed by atoms with Crippen molar-refractivity contribution < 1.29 is 18.6 Å². The number of ether oxygens (including phenoxy) is 1. The van der Waals surface area contributed by atoms with Crippen LogP contribution in [-0.4, -0.2) is 47.7 Å². The van der Waals surface area contributed by atoms with Crippen LogP contribution in [0.25, 0.3) is 33.2 Å². The van der Waals surface area contributed by atoms with Crippen molar-refractivity contribution in [3.63, 3.8) is 0 Å². The second-order valence-electron chi connectivity index (χ2n) is 9.82. The Morgan fingerprint density at radius 1 is 0.872 bits per heavy atom. The summed E-state index contributed by atoms with van der Waals surface area (Å²) in [4.78, 5) is 11.0. The molecule has 7 heteroatoms. The Balaban J connectivity index is 1.85. The van der Waals surface area contributed by atoms with Crippen molar-refractivity contribution in [3.05, 3.63) is 114 Å². The van der Waals surface area contributed by atoms with Crippen LogP contribution in [0.4, 0.5) is 8.78 Å². The summed E-state index contributed by atoms with van der Waals surface area (Å²) in [5.41, 5.74) is 2.57. The van der Waals surface area contributed by atoms with Crippen molar-refractivity contribution in [1.82, 2.24) is 14.9 Å². The zero-order valence-electron chi connectivity index (χ0n) is 22.0. The van der Waals surface area contributed by atoms with Crippen LogP contribution in [0, 0.1) is 11.6 Å². The number of aromatic nitrogens is 2. The molecule has 0 aliphatic heterocycles. The molecule has 198 valence electrons. The van der Waals surface area contributed by atoms with Crippen LogP contribution < -0.4 is 4.74 Å². The normalized spacial score (nSPS) is 13.0. The standard InChI is InChI=1S/C32H29F2N3O2/c1-37(2)13-11-32(38,25-17-26(33)19-27(34)18-25)29-16-23(22-10-7-12-35-20-22)14-24-15-28(21-8-5-4-6-9-21)31(39-3)36-30(24)29/h4-10,12,14-20,38H,11,13H2,1-3H3. The van der Waals surface area contributed by atoms with E-state index in [9.17, 15) is 13.9 Å². The molecule has 0 amide bonds. The van der Waals surface area contributed by atoms with Gasteiger partial charge in [-0.3, -0.25) is 4.98 Å². The molecule has 0 aliphatic rings. The average molecular weight is 526 g/mol. The van der Waals surface area contributed by atoms with Gasteiger partial charge in [0.1, 0.15) is 17.2 Å². The fourth-order valence-electron chi connectivity index (χ4n) is 4.88. The first-order chi connectivity index (χ1) is 18.8. The van der Waals surface area contributed by atoms with Gasteiger partial charge in [0.2, 0.25) is 5.88 Å². The minimum absolute atomic E-state index is 0.111. The highest BCUT2D eigenvalue weighted by Crippen LogP contribution is 2.42. The molecule has 3 aromatic carbocycles. The third-order valence-corrected chi connectivity index (χ3v) is 6.86. The van der Waals surface area contributed by atoms with E-state index in [-0.39, 0.29) is 12.0 Å². The molecule has 2 aromatic heterocycles. The Hall–Kier alpha value is -4.20. The molecule has 5 nitrogen and oxygen atoms in total. The second kappa shape index (κ2) is 10.9. The summed E-state index contributed by atoms with van der Waals surface area (Å²) in [6.07, 6.45) is 3.59. The Morgan fingerprint density at radius 3 is 2.23 bits per heavy atom. The summed E-state index contributed by atoms with van der Waals surface area (Å²) in [5.74, 6) is -1.15. The van der Waals surface area contributed by atoms with Gasteiger partial charge in [0.15, 0.2) is 0 Å². The van der Waals surface area contributed by atoms with E-state index >= 15 is 0 Å². The van der Waals surface area contributed by atoms with E-state index in [1.165, 1.54) is 12.1 Å². The highest BCUT2D eigenvalue weighted by atomic mass is 19.1. The predicted octanol–water partition coefficient (Wildman–Crippen LogP) is 6.44. The van der Waals surface area contributed by atoms with Gasteiger partial charge in [-0.1, -0.05) is 36.4 Å². The number of hydrogen-bond acceptors (Lipinski definition) is 5. The van der Waals surface area contributed by atoms with Crippen molar-refractivity contribution in [2.24, 2.45) is 0 Å². The SMILES string of the molecule is COc1nc2c(C(O)(CCN(C)C)c3cc(F)cc(F)c3)cc(-c3cccnc3)cc2cc1-c1ccccc1. The highest BCUT2D eigenvalue weighted by Gasteiger charge is 2.35. The topological polar surface area (TPSA) is 58.5 Å². The molecule has 0 spiro atoms. The molecule has 0 saturated heterocycles. The molecule has 0 radical (unpaired) electrons. The fraction of sp³-hybridized carbons (Fsp3) is 0.188. The molecule has 1 atom stereocenters. The molecule has 2 heterocycles. The summed E-state index contributed by atoms with van der Waals surface area (Å²) in [7, 11) is 5.30. The molecule has 0 saturated carbocycles. The summed E-state index contributed by atoms with van der Waals surface area (Å²) >= 11 is 0. The van der Waals surface area contributed by atoms with Gasteiger partial charge in [0.05, 0.1) is 12.6 Å². The van der Waals surface area contributed by atoms with E-state index in [1.807, 2.05) is 79.7 Å². The van der Waals surface area contributed by atoms with E-state index in [0.29, 0.717) is 23.5 Å². The number of aliphatic hydroxyl groups is 1. The van der Waals surface area contributed by atoms with Gasteiger partial charge in [-0.2, -0.15) is 0 Å². The monoisotopic (exact) mass is 525 g/mol. The van der Waals surface area contributed by atoms with Crippen LogP contribution in [0.1, 0.15) is 17.5 Å². The molecule has 0 bridgehead atoms. The number of benzene rings is 3. The molecule has 5 rings (SSSR count). The number of halogens is 2. The Kier molecular flexibility index (Phi) is 7.37. The summed E-state index contributed by atoms with van der Waals surface area (Å²) in [6.45, 7) is 0.451. The molecule has 0 aliphatic carbocycles. The first kappa shape index (κ1) is 26.4. The van der Waals surface area contributed by atoms with Crippen molar-refractivity contribution in [1.29, 1.82) is 0 Å². The van der Waals surface area contributed by atoms with E-state index in [2.05, 4.69) is 4.98 Å². The summed E-state index contributed by atoms with van der Waals surface area (Å²) in [5, 5.41) is 13.2. The van der Waals surface area contributed by atoms with E-state index in [4.69, 9.17) is 9.72 Å². The zero-order chi connectivity index (χ0) is 27.6. The predicted molar refractivity (Wildman–Crippen MR) is 149 cm³/mol. The van der Waals surface area contributed by atoms with Crippen molar-refractivity contribution >= 4 is 10.9 Å². The Bertz CT molecular complexity index is 1590. The van der Waals surface area contributed by atoms with E-state index < -0.39 is 17.2 Å². The quantitative estimate of drug-likeness (QED) is 0.253. The smallest absolute Gasteiger partial charge is 0.221 e. The molecular weight excluding hydrogens is 496 g/mol. The van der Waals surface area contributed by atoms with Gasteiger partial charge in [-0.15, -0.1) is 0 Å². The maximum Gasteiger partial charge on any atom is 0.221 e. The fourth-order valence-corrected chi connectivity index (χ4v) is 4.88.